The Kier molecular flexibility index (Phi) is 15.8. The van der Waals surface area contributed by atoms with Crippen molar-refractivity contribution in [1.29, 1.82) is 0 Å². The Morgan fingerprint density at radius 1 is 1.33 bits per heavy atom. The monoisotopic (exact) mass is 210 g/mol. The van der Waals surface area contributed by atoms with E-state index in [4.69, 9.17) is 25.9 Å². The third-order valence-corrected chi connectivity index (χ3v) is 0. The normalized spacial score (nSPS) is 7.89. The molecule has 0 heterocycles. The van der Waals surface area contributed by atoms with E-state index < -0.39 is 21.0 Å². The van der Waals surface area contributed by atoms with Crippen LogP contribution in [0.3, 0.4) is 0 Å². The van der Waals surface area contributed by atoms with Gasteiger partial charge in [-0.1, -0.05) is 0 Å². The average molecular weight is 210 g/mol. The predicted molar refractivity (Wildman–Crippen MR) is 19.2 cm³/mol. The van der Waals surface area contributed by atoms with Gasteiger partial charge in [-0.25, -0.2) is 0 Å². The maximum absolute atomic E-state index is 8.94. The first kappa shape index (κ1) is 16.4. The summed E-state index contributed by atoms with van der Waals surface area (Å²) < 4.78 is 30.7. The zero-order valence-electron chi connectivity index (χ0n) is 4.59. The van der Waals surface area contributed by atoms with E-state index in [9.17, 15) is 0 Å². The first-order valence-corrected chi connectivity index (χ1v) is 4.54. The van der Waals surface area contributed by atoms with E-state index in [0.717, 1.165) is 0 Å². The van der Waals surface area contributed by atoms with Crippen LogP contribution in [0.25, 0.3) is 0 Å². The van der Waals surface area contributed by atoms with Gasteiger partial charge in [-0.05, 0) is 0 Å². The largest absolute Gasteiger partial charge is 1.00 e. The summed E-state index contributed by atoms with van der Waals surface area (Å²) in [4.78, 5) is 8.25. The maximum atomic E-state index is 8.94. The molecule has 0 bridgehead atoms. The molecule has 0 rings (SSSR count). The minimum Gasteiger partial charge on any atom is 1.00 e. The molecule has 0 unspecified atom stereocenters. The maximum Gasteiger partial charge on any atom is 1.00 e. The number of hydrogen-bond donors (Lipinski definition) is 3. The van der Waals surface area contributed by atoms with Crippen LogP contribution >= 0.6 is 0 Å². The molecule has 0 saturated heterocycles. The quantitative estimate of drug-likeness (QED) is 0.270. The molecule has 0 aromatic rings. The van der Waals surface area contributed by atoms with Crippen LogP contribution in [-0.2, 0) is 8.53 Å². The Bertz CT molecular complexity index is 87.0. The minimum atomic E-state index is -5.12. The molecule has 0 aromatic carbocycles. The number of carbonyl (C=O) groups excluding carboxylic acids is 1. The summed E-state index contributed by atoms with van der Waals surface area (Å²) in [6.07, 6.45) is 0. The molecule has 0 fully saturated rings. The molecule has 8 heteroatoms. The Morgan fingerprint density at radius 3 is 1.33 bits per heavy atom. The molecule has 0 aliphatic rings. The van der Waals surface area contributed by atoms with Gasteiger partial charge in [-0.15, -0.1) is 0 Å². The molecule has 0 aromatic heterocycles. The summed E-state index contributed by atoms with van der Waals surface area (Å²) in [5, 5.41) is 8.25. The zero-order valence-corrected chi connectivity index (χ0v) is 8.47. The van der Waals surface area contributed by atoms with Crippen molar-refractivity contribution in [3.63, 3.8) is 0 Å². The molecule has 0 saturated carbocycles. The summed E-state index contributed by atoms with van der Waals surface area (Å²) in [6, 6.07) is 0. The molecule has 0 radical (unpaired) electrons. The minimum absolute atomic E-state index is 0. The van der Waals surface area contributed by atoms with Crippen molar-refractivity contribution < 1.29 is 55.5 Å². The molecule has 0 aliphatic heterocycles. The van der Waals surface area contributed by atoms with E-state index in [1.54, 1.807) is 0 Å². The molecule has 0 spiro atoms. The molecule has 0 atom stereocenters. The van der Waals surface area contributed by atoms with Gasteiger partial charge in [0.05, 0.1) is 0 Å². The third-order valence-electron chi connectivity index (χ3n) is 0. The second-order valence-electron chi connectivity index (χ2n) is 0.610. The smallest absolute Gasteiger partial charge is 1.00 e. The van der Waals surface area contributed by atoms with Crippen molar-refractivity contribution >= 4 is 21.0 Å². The molecule has 9 heavy (non-hydrogen) atoms. The third kappa shape index (κ3) is 781. The predicted octanol–water partition coefficient (Wildman–Crippen LogP) is -6.80. The van der Waals surface area contributed by atoms with Crippen LogP contribution in [0.15, 0.2) is 0 Å². The first-order valence-electron chi connectivity index (χ1n) is 1.25. The van der Waals surface area contributed by atoms with Crippen LogP contribution in [0.1, 0.15) is 0 Å². The zero-order chi connectivity index (χ0) is 7.21. The Hall–Kier alpha value is 0.708. The molecular formula is CH4AsNaO6. The molecular weight excluding hydrogens is 206 g/mol. The first-order chi connectivity index (χ1) is 3.41. The van der Waals surface area contributed by atoms with E-state index in [0.29, 0.717) is 0 Å². The fourth-order valence-electron chi connectivity index (χ4n) is 0. The molecule has 0 amide bonds. The molecule has 6 nitrogen and oxygen atoms in total. The number of hydrogen-bond acceptors (Lipinski definition) is 3. The van der Waals surface area contributed by atoms with Crippen molar-refractivity contribution in [2.75, 3.05) is 0 Å². The number of carboxylic acid groups (broad SMARTS) is 1. The summed E-state index contributed by atoms with van der Waals surface area (Å²) in [5.41, 5.74) is 0. The summed E-state index contributed by atoms with van der Waals surface area (Å²) in [5.74, 6) is 0. The van der Waals surface area contributed by atoms with Crippen LogP contribution in [0.5, 0.6) is 0 Å². The van der Waals surface area contributed by atoms with Gasteiger partial charge in [0.15, 0.2) is 0 Å². The van der Waals surface area contributed by atoms with E-state index in [2.05, 4.69) is 0 Å². The second-order valence-corrected chi connectivity index (χ2v) is 2.76. The van der Waals surface area contributed by atoms with E-state index in [1.165, 1.54) is 0 Å². The number of carbonyl (C=O) groups is 1. The Labute approximate surface area is 76.1 Å². The van der Waals surface area contributed by atoms with Gasteiger partial charge < -0.3 is 9.90 Å². The van der Waals surface area contributed by atoms with Crippen LogP contribution in [-0.4, -0.2) is 33.3 Å². The van der Waals surface area contributed by atoms with Crippen molar-refractivity contribution in [3.8, 4) is 0 Å². The topological polar surface area (TPSA) is 118 Å². The van der Waals surface area contributed by atoms with E-state index >= 15 is 0 Å². The van der Waals surface area contributed by atoms with Gasteiger partial charge in [0, 0.05) is 6.47 Å². The van der Waals surface area contributed by atoms with Crippen LogP contribution in [0.2, 0.25) is 0 Å². The van der Waals surface area contributed by atoms with Crippen LogP contribution in [0, 0.1) is 0 Å². The van der Waals surface area contributed by atoms with Crippen LogP contribution in [0.4, 0.5) is 0 Å². The summed E-state index contributed by atoms with van der Waals surface area (Å²) in [6.45, 7) is -0.500. The van der Waals surface area contributed by atoms with Gasteiger partial charge in [0.25, 0.3) is 0 Å². The van der Waals surface area contributed by atoms with E-state index in [-0.39, 0.29) is 29.6 Å². The van der Waals surface area contributed by atoms with E-state index in [1.807, 2.05) is 0 Å². The second kappa shape index (κ2) is 8.71. The average Bonchev–Trinajstić information content (AvgIpc) is 1.27. The van der Waals surface area contributed by atoms with Gasteiger partial charge >= 0.3 is 60.1 Å². The standard InChI is InChI=1S/CH2O2.AsH3O4.Na/c2-1-3;2-1(3,4)5;/h1H,(H,2,3);(H3,2,3,4,5);/q;;+1/p-1. The van der Waals surface area contributed by atoms with Crippen molar-refractivity contribution in [1.82, 2.24) is 0 Å². The van der Waals surface area contributed by atoms with Gasteiger partial charge in [0.2, 0.25) is 0 Å². The van der Waals surface area contributed by atoms with Crippen molar-refractivity contribution in [2.24, 2.45) is 0 Å². The van der Waals surface area contributed by atoms with Crippen LogP contribution < -0.4 is 34.7 Å². The SMILES string of the molecule is O=C[O-].O=[As](O)(O)O.[Na+]. The Morgan fingerprint density at radius 2 is 1.33 bits per heavy atom. The van der Waals surface area contributed by atoms with Gasteiger partial charge in [0.1, 0.15) is 0 Å². The number of rotatable bonds is 0. The Balaban J connectivity index is -0.0000000800. The molecule has 0 aliphatic carbocycles. The van der Waals surface area contributed by atoms with Gasteiger partial charge in [-0.2, -0.15) is 0 Å². The molecule has 3 N–H and O–H groups in total. The summed E-state index contributed by atoms with van der Waals surface area (Å²) in [7, 11) is 0. The fraction of sp³-hybridized carbons (Fsp3) is 0. The van der Waals surface area contributed by atoms with Gasteiger partial charge in [-0.3, -0.25) is 0 Å². The molecule has 50 valence electrons. The van der Waals surface area contributed by atoms with Crippen molar-refractivity contribution in [2.45, 2.75) is 0 Å². The summed E-state index contributed by atoms with van der Waals surface area (Å²) >= 11 is -5.12. The fourth-order valence-corrected chi connectivity index (χ4v) is 0. The van der Waals surface area contributed by atoms with Crippen molar-refractivity contribution in [3.05, 3.63) is 0 Å².